The van der Waals surface area contributed by atoms with Gasteiger partial charge in [0.1, 0.15) is 11.6 Å². The van der Waals surface area contributed by atoms with Gasteiger partial charge in [-0.05, 0) is 71.2 Å². The number of fused-ring (bicyclic) bond motifs is 2. The quantitative estimate of drug-likeness (QED) is 0.0852. The molecule has 4 N–H and O–H groups in total. The molecule has 0 bridgehead atoms. The molecule has 66 heavy (non-hydrogen) atoms. The molecule has 16 heteroatoms. The molecule has 0 radical (unpaired) electrons. The van der Waals surface area contributed by atoms with Gasteiger partial charge in [-0.1, -0.05) is 106 Å². The van der Waals surface area contributed by atoms with Gasteiger partial charge in [0.05, 0.1) is 47.5 Å². The molecule has 0 spiro atoms. The maximum absolute atomic E-state index is 14.4. The smallest absolute Gasteiger partial charge is 0.410 e. The van der Waals surface area contributed by atoms with E-state index in [1.54, 1.807) is 27.7 Å². The second-order valence-electron chi connectivity index (χ2n) is 21.5. The summed E-state index contributed by atoms with van der Waals surface area (Å²) in [5.74, 6) is -0.293. The molecular weight excluding hydrogens is 847 g/mol. The molecule has 0 saturated heterocycles. The van der Waals surface area contributed by atoms with E-state index in [-0.39, 0.29) is 0 Å². The van der Waals surface area contributed by atoms with Crippen molar-refractivity contribution in [2.45, 2.75) is 106 Å². The van der Waals surface area contributed by atoms with E-state index >= 15 is 0 Å². The fourth-order valence-electron chi connectivity index (χ4n) is 7.24. The summed E-state index contributed by atoms with van der Waals surface area (Å²) >= 11 is 0. The molecule has 2 aromatic heterocycles. The monoisotopic (exact) mass is 915 g/mol. The highest BCUT2D eigenvalue weighted by Crippen LogP contribution is 2.41. The number of ether oxygens (including phenoxy) is 2. The first-order valence-electron chi connectivity index (χ1n) is 22.0. The summed E-state index contributed by atoms with van der Waals surface area (Å²) in [4.78, 5) is 72.4. The number of hydrogen-bond acceptors (Lipinski definition) is 8. The number of benzene rings is 3. The average Bonchev–Trinajstić information content (AvgIpc) is 3.86. The van der Waals surface area contributed by atoms with Gasteiger partial charge in [-0.15, -0.1) is 0 Å². The van der Waals surface area contributed by atoms with Crippen molar-refractivity contribution in [1.29, 1.82) is 0 Å². The second kappa shape index (κ2) is 18.3. The Kier molecular flexibility index (Phi) is 14.1. The molecule has 0 unspecified atom stereocenters. The lowest BCUT2D eigenvalue weighted by atomic mass is 9.75. The van der Waals surface area contributed by atoms with E-state index in [1.165, 1.54) is 51.8 Å². The van der Waals surface area contributed by atoms with Crippen LogP contribution in [0.15, 0.2) is 60.7 Å². The molecule has 0 aliphatic rings. The van der Waals surface area contributed by atoms with Crippen LogP contribution in [0.25, 0.3) is 44.3 Å². The van der Waals surface area contributed by atoms with Crippen LogP contribution in [-0.2, 0) is 19.1 Å². The Hall–Kier alpha value is -6.06. The molecule has 14 nitrogen and oxygen atoms in total. The number of nitrogens with one attached hydrogen (secondary N) is 4. The normalized spacial score (nSPS) is 15.3. The molecule has 3 aromatic carbocycles. The van der Waals surface area contributed by atoms with E-state index in [0.717, 1.165) is 33.3 Å². The van der Waals surface area contributed by atoms with Crippen molar-refractivity contribution in [3.8, 4) is 22.3 Å². The van der Waals surface area contributed by atoms with Gasteiger partial charge in [0, 0.05) is 39.0 Å². The van der Waals surface area contributed by atoms with Gasteiger partial charge in [-0.3, -0.25) is 18.4 Å². The van der Waals surface area contributed by atoms with E-state index in [9.17, 15) is 28.0 Å². The minimum Gasteiger partial charge on any atom is -0.432 e. The Morgan fingerprint density at radius 3 is 1.12 bits per heavy atom. The number of alkyl halides is 2. The van der Waals surface area contributed by atoms with Gasteiger partial charge >= 0.3 is 12.2 Å². The molecule has 0 aliphatic heterocycles. The molecule has 0 fully saturated rings. The van der Waals surface area contributed by atoms with Gasteiger partial charge < -0.3 is 39.9 Å². The van der Waals surface area contributed by atoms with Crippen molar-refractivity contribution in [3.63, 3.8) is 0 Å². The first-order valence-corrected chi connectivity index (χ1v) is 22.0. The third-order valence-corrected chi connectivity index (χ3v) is 12.8. The first-order chi connectivity index (χ1) is 30.4. The Balaban J connectivity index is 1.40. The third kappa shape index (κ3) is 10.2. The highest BCUT2D eigenvalue weighted by Gasteiger charge is 2.54. The predicted octanol–water partition coefficient (Wildman–Crippen LogP) is 10.1. The molecule has 0 aliphatic carbocycles. The minimum absolute atomic E-state index is 0.496. The van der Waals surface area contributed by atoms with E-state index in [4.69, 9.17) is 19.4 Å². The van der Waals surface area contributed by atoms with Gasteiger partial charge in [0.15, 0.2) is 11.2 Å². The van der Waals surface area contributed by atoms with E-state index in [0.29, 0.717) is 22.7 Å². The molecule has 4 atom stereocenters. The Morgan fingerprint density at radius 1 is 0.545 bits per heavy atom. The largest absolute Gasteiger partial charge is 0.432 e. The lowest BCUT2D eigenvalue weighted by Gasteiger charge is -2.42. The fraction of sp³-hybridized carbons (Fsp3) is 0.520. The molecule has 5 aromatic rings. The standard InChI is InChI=1S/C50H68F2N8O6/c1-45(2,3)37(57-41(61)49(11,47(7,8)27-51)65-43(63)59(13)14)39-53-33-23-21-31(25-35(33)55-39)29-17-19-30(20-18-29)32-22-24-34-36(26-32)56-40(54-34)38(46(4,5)6)58-42(62)50(12,48(9,10)28-52)66-44(64)60(15)16/h17-26,37-38H,27-28H2,1-16H3,(H,53,55)(H,54,56)(H,57,61)(H,58,62)/t37-,38-,49+,50+/m1/s1. The van der Waals surface area contributed by atoms with Crippen LogP contribution >= 0.6 is 0 Å². The average molecular weight is 915 g/mol. The van der Waals surface area contributed by atoms with Gasteiger partial charge in [-0.25, -0.2) is 19.6 Å². The van der Waals surface area contributed by atoms with Crippen molar-refractivity contribution >= 4 is 46.1 Å². The molecule has 2 heterocycles. The maximum Gasteiger partial charge on any atom is 0.410 e. The Morgan fingerprint density at radius 2 is 0.848 bits per heavy atom. The summed E-state index contributed by atoms with van der Waals surface area (Å²) in [6, 6.07) is 18.5. The SMILES string of the molecule is CN(C)C(=O)O[C@@](C)(C(=O)N[C@H](c1nc2ccc(-c3ccc(-c4ccc5nc([C@@H](NC(=O)[C@](C)(OC(=O)N(C)C)C(C)(C)CF)C(C)(C)C)[nH]c5c4)cc3)cc2[nH]1)C(C)(C)C)C(C)(C)CF. The summed E-state index contributed by atoms with van der Waals surface area (Å²) < 4.78 is 40.2. The minimum atomic E-state index is -1.84. The van der Waals surface area contributed by atoms with Crippen molar-refractivity contribution in [2.75, 3.05) is 41.5 Å². The predicted molar refractivity (Wildman–Crippen MR) is 254 cm³/mol. The number of H-pyrrole nitrogens is 2. The summed E-state index contributed by atoms with van der Waals surface area (Å²) in [7, 11) is 5.99. The van der Waals surface area contributed by atoms with Gasteiger partial charge in [-0.2, -0.15) is 0 Å². The Labute approximate surface area is 387 Å². The number of aromatic amines is 2. The lowest BCUT2D eigenvalue weighted by Crippen LogP contribution is -2.60. The number of aromatic nitrogens is 4. The van der Waals surface area contributed by atoms with Crippen LogP contribution in [0.3, 0.4) is 0 Å². The van der Waals surface area contributed by atoms with Crippen LogP contribution in [0.1, 0.15) is 107 Å². The van der Waals surface area contributed by atoms with E-state index in [2.05, 4.69) is 20.6 Å². The highest BCUT2D eigenvalue weighted by molar-refractivity contribution is 5.90. The Bertz CT molecular complexity index is 2410. The van der Waals surface area contributed by atoms with Crippen molar-refractivity contribution in [1.82, 2.24) is 40.4 Å². The number of imidazole rings is 2. The van der Waals surface area contributed by atoms with Crippen LogP contribution in [0, 0.1) is 21.7 Å². The zero-order chi connectivity index (χ0) is 49.5. The number of carbonyl (C=O) groups excluding carboxylic acids is 4. The number of carbonyl (C=O) groups is 4. The number of halogens is 2. The molecule has 5 rings (SSSR count). The lowest BCUT2D eigenvalue weighted by molar-refractivity contribution is -0.156. The first kappa shape index (κ1) is 50.9. The number of hydrogen-bond donors (Lipinski definition) is 4. The zero-order valence-corrected chi connectivity index (χ0v) is 41.3. The van der Waals surface area contributed by atoms with Crippen molar-refractivity contribution < 1.29 is 37.4 Å². The molecule has 358 valence electrons. The van der Waals surface area contributed by atoms with Crippen LogP contribution in [0.5, 0.6) is 0 Å². The summed E-state index contributed by atoms with van der Waals surface area (Å²) in [5.41, 5.74) is -0.850. The topological polar surface area (TPSA) is 175 Å². The number of nitrogens with zero attached hydrogens (tertiary/aromatic N) is 4. The molecule has 4 amide bonds. The van der Waals surface area contributed by atoms with Gasteiger partial charge in [0.25, 0.3) is 11.8 Å². The highest BCUT2D eigenvalue weighted by atomic mass is 19.1. The van der Waals surface area contributed by atoms with Crippen LogP contribution in [0.4, 0.5) is 18.4 Å². The van der Waals surface area contributed by atoms with E-state index < -0.39 is 82.3 Å². The third-order valence-electron chi connectivity index (χ3n) is 12.8. The zero-order valence-electron chi connectivity index (χ0n) is 41.3. The van der Waals surface area contributed by atoms with Crippen molar-refractivity contribution in [3.05, 3.63) is 72.3 Å². The molecular formula is C50H68F2N8O6. The van der Waals surface area contributed by atoms with Crippen LogP contribution in [-0.4, -0.2) is 106 Å². The maximum atomic E-state index is 14.4. The number of rotatable bonds is 14. The van der Waals surface area contributed by atoms with Crippen molar-refractivity contribution in [2.24, 2.45) is 21.7 Å². The number of amides is 4. The van der Waals surface area contributed by atoms with Gasteiger partial charge in [0.2, 0.25) is 0 Å². The summed E-state index contributed by atoms with van der Waals surface area (Å²) in [5, 5.41) is 6.07. The molecule has 0 saturated carbocycles. The second-order valence-corrected chi connectivity index (χ2v) is 21.5. The summed E-state index contributed by atoms with van der Waals surface area (Å²) in [6.07, 6.45) is -1.52. The van der Waals surface area contributed by atoms with Crippen LogP contribution in [0.2, 0.25) is 0 Å². The summed E-state index contributed by atoms with van der Waals surface area (Å²) in [6.45, 7) is 19.0. The fourth-order valence-corrected chi connectivity index (χ4v) is 7.24. The van der Waals surface area contributed by atoms with E-state index in [1.807, 2.05) is 102 Å². The van der Waals surface area contributed by atoms with Crippen LogP contribution < -0.4 is 10.6 Å².